The van der Waals surface area contributed by atoms with Gasteiger partial charge in [0.15, 0.2) is 0 Å². The van der Waals surface area contributed by atoms with Crippen molar-refractivity contribution in [2.24, 2.45) is 0 Å². The number of carbonyl (C=O) groups excluding carboxylic acids is 1. The Morgan fingerprint density at radius 2 is 2.11 bits per heavy atom. The Morgan fingerprint density at radius 3 is 2.84 bits per heavy atom. The number of carbonyl (C=O) groups is 1. The molecule has 1 amide bonds. The highest BCUT2D eigenvalue weighted by Crippen LogP contribution is 2.31. The second kappa shape index (κ2) is 7.17. The van der Waals surface area contributed by atoms with Crippen LogP contribution in [-0.4, -0.2) is 24.1 Å². The SMILES string of the molecule is CCCCOC(=O)N1CCCC[C@@H]1c1ccccc1. The van der Waals surface area contributed by atoms with Gasteiger partial charge in [0.05, 0.1) is 12.6 Å². The fourth-order valence-electron chi connectivity index (χ4n) is 2.56. The Balaban J connectivity index is 2.01. The number of nitrogens with zero attached hydrogens (tertiary/aromatic N) is 1. The lowest BCUT2D eigenvalue weighted by Crippen LogP contribution is -2.39. The molecule has 0 radical (unpaired) electrons. The number of benzene rings is 1. The zero-order valence-electron chi connectivity index (χ0n) is 11.7. The van der Waals surface area contributed by atoms with E-state index in [0.29, 0.717) is 6.61 Å². The Labute approximate surface area is 115 Å². The van der Waals surface area contributed by atoms with Gasteiger partial charge in [-0.15, -0.1) is 0 Å². The maximum absolute atomic E-state index is 12.2. The van der Waals surface area contributed by atoms with E-state index < -0.39 is 0 Å². The van der Waals surface area contributed by atoms with Crippen molar-refractivity contribution in [2.45, 2.75) is 45.1 Å². The van der Waals surface area contributed by atoms with Crippen molar-refractivity contribution < 1.29 is 9.53 Å². The van der Waals surface area contributed by atoms with Gasteiger partial charge in [-0.25, -0.2) is 4.79 Å². The average Bonchev–Trinajstić information content (AvgIpc) is 2.48. The van der Waals surface area contributed by atoms with Gasteiger partial charge >= 0.3 is 6.09 Å². The summed E-state index contributed by atoms with van der Waals surface area (Å²) in [5, 5.41) is 0. The summed E-state index contributed by atoms with van der Waals surface area (Å²) in [6.07, 6.45) is 5.13. The monoisotopic (exact) mass is 261 g/mol. The van der Waals surface area contributed by atoms with Crippen LogP contribution in [0.4, 0.5) is 4.79 Å². The first kappa shape index (κ1) is 13.9. The molecule has 19 heavy (non-hydrogen) atoms. The molecule has 1 saturated heterocycles. The molecule has 3 nitrogen and oxygen atoms in total. The third kappa shape index (κ3) is 3.72. The molecule has 3 heteroatoms. The molecule has 0 aromatic heterocycles. The highest BCUT2D eigenvalue weighted by atomic mass is 16.6. The number of rotatable bonds is 4. The number of ether oxygens (including phenoxy) is 1. The molecule has 0 saturated carbocycles. The van der Waals surface area contributed by atoms with Crippen molar-refractivity contribution in [3.8, 4) is 0 Å². The van der Waals surface area contributed by atoms with E-state index >= 15 is 0 Å². The van der Waals surface area contributed by atoms with Gasteiger partial charge in [0.1, 0.15) is 0 Å². The highest BCUT2D eigenvalue weighted by molar-refractivity contribution is 5.68. The molecule has 0 unspecified atom stereocenters. The largest absolute Gasteiger partial charge is 0.449 e. The number of unbranched alkanes of at least 4 members (excludes halogenated alkanes) is 1. The third-order valence-electron chi connectivity index (χ3n) is 3.65. The van der Waals surface area contributed by atoms with Gasteiger partial charge in [-0.05, 0) is 31.2 Å². The van der Waals surface area contributed by atoms with Gasteiger partial charge in [-0.1, -0.05) is 43.7 Å². The van der Waals surface area contributed by atoms with E-state index in [2.05, 4.69) is 19.1 Å². The van der Waals surface area contributed by atoms with E-state index in [4.69, 9.17) is 4.74 Å². The van der Waals surface area contributed by atoms with Crippen LogP contribution in [0, 0.1) is 0 Å². The zero-order chi connectivity index (χ0) is 13.5. The predicted molar refractivity (Wildman–Crippen MR) is 76.0 cm³/mol. The Morgan fingerprint density at radius 1 is 1.32 bits per heavy atom. The third-order valence-corrected chi connectivity index (χ3v) is 3.65. The molecular weight excluding hydrogens is 238 g/mol. The number of likely N-dealkylation sites (tertiary alicyclic amines) is 1. The smallest absolute Gasteiger partial charge is 0.410 e. The van der Waals surface area contributed by atoms with Crippen molar-refractivity contribution in [1.29, 1.82) is 0 Å². The number of amides is 1. The molecule has 1 fully saturated rings. The van der Waals surface area contributed by atoms with Crippen LogP contribution in [0.15, 0.2) is 30.3 Å². The van der Waals surface area contributed by atoms with Crippen molar-refractivity contribution >= 4 is 6.09 Å². The lowest BCUT2D eigenvalue weighted by atomic mass is 9.96. The first-order valence-electron chi connectivity index (χ1n) is 7.31. The second-order valence-electron chi connectivity index (χ2n) is 5.08. The van der Waals surface area contributed by atoms with Gasteiger partial charge in [0.25, 0.3) is 0 Å². The maximum atomic E-state index is 12.2. The van der Waals surface area contributed by atoms with E-state index in [0.717, 1.165) is 32.2 Å². The van der Waals surface area contributed by atoms with E-state index in [9.17, 15) is 4.79 Å². The summed E-state index contributed by atoms with van der Waals surface area (Å²) < 4.78 is 5.36. The first-order valence-corrected chi connectivity index (χ1v) is 7.31. The van der Waals surface area contributed by atoms with Crippen molar-refractivity contribution in [3.63, 3.8) is 0 Å². The molecule has 1 aliphatic heterocycles. The fourth-order valence-corrected chi connectivity index (χ4v) is 2.56. The topological polar surface area (TPSA) is 29.5 Å². The van der Waals surface area contributed by atoms with Crippen molar-refractivity contribution in [1.82, 2.24) is 4.90 Å². The molecule has 1 heterocycles. The van der Waals surface area contributed by atoms with Crippen LogP contribution in [0.3, 0.4) is 0 Å². The maximum Gasteiger partial charge on any atom is 0.410 e. The van der Waals surface area contributed by atoms with Gasteiger partial charge in [0.2, 0.25) is 0 Å². The lowest BCUT2D eigenvalue weighted by Gasteiger charge is -2.35. The molecular formula is C16H23NO2. The van der Waals surface area contributed by atoms with Crippen LogP contribution in [0.25, 0.3) is 0 Å². The van der Waals surface area contributed by atoms with E-state index in [1.54, 1.807) is 0 Å². The predicted octanol–water partition coefficient (Wildman–Crippen LogP) is 4.15. The zero-order valence-corrected chi connectivity index (χ0v) is 11.7. The van der Waals surface area contributed by atoms with Crippen molar-refractivity contribution in [3.05, 3.63) is 35.9 Å². The summed E-state index contributed by atoms with van der Waals surface area (Å²) >= 11 is 0. The summed E-state index contributed by atoms with van der Waals surface area (Å²) in [4.78, 5) is 14.1. The minimum Gasteiger partial charge on any atom is -0.449 e. The first-order chi connectivity index (χ1) is 9.33. The highest BCUT2D eigenvalue weighted by Gasteiger charge is 2.28. The average molecular weight is 261 g/mol. The van der Waals surface area contributed by atoms with Gasteiger partial charge < -0.3 is 9.64 Å². The summed E-state index contributed by atoms with van der Waals surface area (Å²) in [6, 6.07) is 10.5. The Kier molecular flexibility index (Phi) is 5.25. The summed E-state index contributed by atoms with van der Waals surface area (Å²) in [6.45, 7) is 3.44. The summed E-state index contributed by atoms with van der Waals surface area (Å²) in [5.41, 5.74) is 1.22. The second-order valence-corrected chi connectivity index (χ2v) is 5.08. The van der Waals surface area contributed by atoms with Crippen LogP contribution in [0.2, 0.25) is 0 Å². The van der Waals surface area contributed by atoms with E-state index in [-0.39, 0.29) is 12.1 Å². The molecule has 0 N–H and O–H groups in total. The molecule has 1 atom stereocenters. The molecule has 1 aliphatic rings. The van der Waals surface area contributed by atoms with Gasteiger partial charge in [-0.3, -0.25) is 0 Å². The molecule has 1 aromatic rings. The van der Waals surface area contributed by atoms with E-state index in [1.165, 1.54) is 12.0 Å². The number of hydrogen-bond acceptors (Lipinski definition) is 2. The van der Waals surface area contributed by atoms with Crippen LogP contribution in [-0.2, 0) is 4.74 Å². The van der Waals surface area contributed by atoms with Crippen LogP contribution < -0.4 is 0 Å². The van der Waals surface area contributed by atoms with Crippen LogP contribution in [0.1, 0.15) is 50.6 Å². The minimum absolute atomic E-state index is 0.151. The van der Waals surface area contributed by atoms with Gasteiger partial charge in [-0.2, -0.15) is 0 Å². The minimum atomic E-state index is -0.151. The summed E-state index contributed by atoms with van der Waals surface area (Å²) in [5.74, 6) is 0. The normalized spacial score (nSPS) is 19.2. The molecule has 2 rings (SSSR count). The standard InChI is InChI=1S/C16H23NO2/c1-2-3-13-19-16(18)17-12-8-7-11-15(17)14-9-5-4-6-10-14/h4-6,9-10,15H,2-3,7-8,11-13H2,1H3/t15-/m1/s1. The van der Waals surface area contributed by atoms with Crippen molar-refractivity contribution in [2.75, 3.05) is 13.2 Å². The molecule has 0 aliphatic carbocycles. The number of hydrogen-bond donors (Lipinski definition) is 0. The molecule has 0 spiro atoms. The summed E-state index contributed by atoms with van der Waals surface area (Å²) in [7, 11) is 0. The fraction of sp³-hybridized carbons (Fsp3) is 0.562. The molecule has 104 valence electrons. The number of piperidine rings is 1. The Hall–Kier alpha value is -1.51. The van der Waals surface area contributed by atoms with Crippen LogP contribution in [0.5, 0.6) is 0 Å². The molecule has 1 aromatic carbocycles. The quantitative estimate of drug-likeness (QED) is 0.762. The lowest BCUT2D eigenvalue weighted by molar-refractivity contribution is 0.0720. The van der Waals surface area contributed by atoms with Gasteiger partial charge in [0, 0.05) is 6.54 Å². The Bertz CT molecular complexity index is 391. The van der Waals surface area contributed by atoms with E-state index in [1.807, 2.05) is 23.1 Å². The molecule has 0 bridgehead atoms. The van der Waals surface area contributed by atoms with Crippen LogP contribution >= 0.6 is 0 Å².